The van der Waals surface area contributed by atoms with Crippen molar-refractivity contribution in [3.63, 3.8) is 0 Å². The smallest absolute Gasteiger partial charge is 0.196 e. The van der Waals surface area contributed by atoms with E-state index in [1.807, 2.05) is 6.92 Å². The maximum Gasteiger partial charge on any atom is 0.196 e. The van der Waals surface area contributed by atoms with E-state index in [4.69, 9.17) is 0 Å². The number of aromatic nitrogens is 5. The van der Waals surface area contributed by atoms with Gasteiger partial charge in [0.05, 0.1) is 6.20 Å². The third-order valence-corrected chi connectivity index (χ3v) is 1.47. The van der Waals surface area contributed by atoms with Crippen LogP contribution in [0.4, 0.5) is 0 Å². The van der Waals surface area contributed by atoms with E-state index in [2.05, 4.69) is 20.3 Å². The Balaban J connectivity index is 2.76. The van der Waals surface area contributed by atoms with Crippen molar-refractivity contribution in [2.75, 3.05) is 0 Å². The minimum Gasteiger partial charge on any atom is -0.239 e. The molecule has 11 heavy (non-hydrogen) atoms. The molecule has 5 heteroatoms. The topological polar surface area (TPSA) is 56.0 Å². The Morgan fingerprint density at radius 1 is 1.45 bits per heavy atom. The summed E-state index contributed by atoms with van der Waals surface area (Å²) in [5, 5.41) is 11.8. The van der Waals surface area contributed by atoms with Crippen molar-refractivity contribution in [2.45, 2.75) is 13.3 Å². The Bertz CT molecular complexity index is 366. The van der Waals surface area contributed by atoms with Crippen LogP contribution in [0.1, 0.15) is 12.7 Å². The van der Waals surface area contributed by atoms with Gasteiger partial charge in [0, 0.05) is 6.42 Å². The fourth-order valence-corrected chi connectivity index (χ4v) is 0.934. The number of hydrogen-bond donors (Lipinski definition) is 0. The van der Waals surface area contributed by atoms with E-state index in [9.17, 15) is 0 Å². The van der Waals surface area contributed by atoms with Gasteiger partial charge >= 0.3 is 0 Å². The van der Waals surface area contributed by atoms with Crippen molar-refractivity contribution in [1.82, 2.24) is 24.8 Å². The third kappa shape index (κ3) is 0.849. The minimum absolute atomic E-state index is 0.698. The van der Waals surface area contributed by atoms with E-state index >= 15 is 0 Å². The van der Waals surface area contributed by atoms with Gasteiger partial charge in [-0.3, -0.25) is 0 Å². The molecule has 0 saturated heterocycles. The van der Waals surface area contributed by atoms with Crippen LogP contribution in [0.25, 0.3) is 5.65 Å². The highest BCUT2D eigenvalue weighted by molar-refractivity contribution is 5.31. The number of nitrogens with zero attached hydrogens (tertiary/aromatic N) is 5. The SMILES string of the molecule is CCc1nnc2cncnn12. The zero-order chi connectivity index (χ0) is 7.68. The molecule has 0 aliphatic carbocycles. The molecular formula is C6H7N5. The monoisotopic (exact) mass is 149 g/mol. The summed E-state index contributed by atoms with van der Waals surface area (Å²) in [7, 11) is 0. The van der Waals surface area contributed by atoms with Crippen LogP contribution >= 0.6 is 0 Å². The van der Waals surface area contributed by atoms with E-state index < -0.39 is 0 Å². The molecular weight excluding hydrogens is 142 g/mol. The largest absolute Gasteiger partial charge is 0.239 e. The molecule has 0 radical (unpaired) electrons. The summed E-state index contributed by atoms with van der Waals surface area (Å²) in [5.74, 6) is 0.863. The highest BCUT2D eigenvalue weighted by Crippen LogP contribution is 1.97. The van der Waals surface area contributed by atoms with Gasteiger partial charge in [-0.2, -0.15) is 9.61 Å². The molecule has 2 aromatic rings. The molecule has 2 heterocycles. The van der Waals surface area contributed by atoms with Crippen molar-refractivity contribution in [3.8, 4) is 0 Å². The average molecular weight is 149 g/mol. The molecule has 5 nitrogen and oxygen atoms in total. The molecule has 2 aromatic heterocycles. The zero-order valence-electron chi connectivity index (χ0n) is 6.10. The van der Waals surface area contributed by atoms with E-state index in [1.165, 1.54) is 6.33 Å². The first kappa shape index (κ1) is 6.21. The first-order valence-electron chi connectivity index (χ1n) is 3.42. The van der Waals surface area contributed by atoms with E-state index in [0.29, 0.717) is 5.65 Å². The van der Waals surface area contributed by atoms with Gasteiger partial charge in [-0.05, 0) is 0 Å². The van der Waals surface area contributed by atoms with Crippen LogP contribution in [0.3, 0.4) is 0 Å². The molecule has 56 valence electrons. The molecule has 0 aliphatic rings. The predicted octanol–water partition coefficient (Wildman–Crippen LogP) is 0.0817. The van der Waals surface area contributed by atoms with Gasteiger partial charge in [-0.15, -0.1) is 10.2 Å². The van der Waals surface area contributed by atoms with Crippen molar-refractivity contribution in [3.05, 3.63) is 18.3 Å². The molecule has 0 bridgehead atoms. The molecule has 0 fully saturated rings. The summed E-state index contributed by atoms with van der Waals surface area (Å²) in [6.45, 7) is 2.01. The van der Waals surface area contributed by atoms with Crippen LogP contribution < -0.4 is 0 Å². The van der Waals surface area contributed by atoms with Gasteiger partial charge in [0.1, 0.15) is 6.33 Å². The third-order valence-electron chi connectivity index (χ3n) is 1.47. The van der Waals surface area contributed by atoms with E-state index in [0.717, 1.165) is 12.2 Å². The van der Waals surface area contributed by atoms with Crippen molar-refractivity contribution in [1.29, 1.82) is 0 Å². The highest BCUT2D eigenvalue weighted by atomic mass is 15.4. The molecule has 0 N–H and O–H groups in total. The number of rotatable bonds is 1. The Labute approximate surface area is 63.1 Å². The van der Waals surface area contributed by atoms with Gasteiger partial charge < -0.3 is 0 Å². The Kier molecular flexibility index (Phi) is 1.28. The molecule has 0 spiro atoms. The zero-order valence-corrected chi connectivity index (χ0v) is 6.10. The molecule has 0 aliphatic heterocycles. The summed E-state index contributed by atoms with van der Waals surface area (Å²) < 4.78 is 1.69. The maximum absolute atomic E-state index is 3.99. The lowest BCUT2D eigenvalue weighted by molar-refractivity contribution is 0.808. The van der Waals surface area contributed by atoms with Crippen LogP contribution in [-0.2, 0) is 6.42 Å². The van der Waals surface area contributed by atoms with Gasteiger partial charge in [0.25, 0.3) is 0 Å². The van der Waals surface area contributed by atoms with Crippen molar-refractivity contribution in [2.24, 2.45) is 0 Å². The van der Waals surface area contributed by atoms with Crippen LogP contribution in [-0.4, -0.2) is 24.8 Å². The molecule has 2 rings (SSSR count). The summed E-state index contributed by atoms with van der Waals surface area (Å²) in [5.41, 5.74) is 0.698. The van der Waals surface area contributed by atoms with E-state index in [-0.39, 0.29) is 0 Å². The maximum atomic E-state index is 3.99. The lowest BCUT2D eigenvalue weighted by atomic mass is 10.5. The first-order valence-corrected chi connectivity index (χ1v) is 3.42. The Morgan fingerprint density at radius 3 is 3.18 bits per heavy atom. The normalized spacial score (nSPS) is 10.6. The second kappa shape index (κ2) is 2.26. The van der Waals surface area contributed by atoms with Crippen molar-refractivity contribution < 1.29 is 0 Å². The number of hydrogen-bond acceptors (Lipinski definition) is 4. The number of fused-ring (bicyclic) bond motifs is 1. The fraction of sp³-hybridized carbons (Fsp3) is 0.333. The molecule has 0 atom stereocenters. The lowest BCUT2D eigenvalue weighted by Crippen LogP contribution is -1.96. The second-order valence-corrected chi connectivity index (χ2v) is 2.15. The van der Waals surface area contributed by atoms with Crippen LogP contribution in [0.15, 0.2) is 12.5 Å². The molecule has 0 unspecified atom stereocenters. The average Bonchev–Trinajstić information content (AvgIpc) is 2.47. The first-order chi connectivity index (χ1) is 5.42. The summed E-state index contributed by atoms with van der Waals surface area (Å²) in [6, 6.07) is 0. The second-order valence-electron chi connectivity index (χ2n) is 2.15. The standard InChI is InChI=1S/C6H7N5/c1-2-5-9-10-6-3-7-4-8-11(5)6/h3-4H,2H2,1H3. The molecule has 0 amide bonds. The lowest BCUT2D eigenvalue weighted by Gasteiger charge is -1.90. The molecule has 0 aromatic carbocycles. The summed E-state index contributed by atoms with van der Waals surface area (Å²) >= 11 is 0. The van der Waals surface area contributed by atoms with Crippen LogP contribution in [0.5, 0.6) is 0 Å². The predicted molar refractivity (Wildman–Crippen MR) is 38.0 cm³/mol. The summed E-state index contributed by atoms with van der Waals surface area (Å²) in [6.07, 6.45) is 3.95. The van der Waals surface area contributed by atoms with Crippen LogP contribution in [0.2, 0.25) is 0 Å². The summed E-state index contributed by atoms with van der Waals surface area (Å²) in [4.78, 5) is 3.83. The molecule has 0 saturated carbocycles. The van der Waals surface area contributed by atoms with E-state index in [1.54, 1.807) is 10.7 Å². The quantitative estimate of drug-likeness (QED) is 0.576. The Hall–Kier alpha value is -1.52. The van der Waals surface area contributed by atoms with Crippen LogP contribution in [0, 0.1) is 0 Å². The highest BCUT2D eigenvalue weighted by Gasteiger charge is 2.01. The van der Waals surface area contributed by atoms with Gasteiger partial charge in [0.15, 0.2) is 11.5 Å². The van der Waals surface area contributed by atoms with Gasteiger partial charge in [0.2, 0.25) is 0 Å². The fourth-order valence-electron chi connectivity index (χ4n) is 0.934. The minimum atomic E-state index is 0.698. The Morgan fingerprint density at radius 2 is 2.36 bits per heavy atom. The van der Waals surface area contributed by atoms with Crippen molar-refractivity contribution >= 4 is 5.65 Å². The van der Waals surface area contributed by atoms with Gasteiger partial charge in [-0.1, -0.05) is 6.92 Å². The number of aryl methyl sites for hydroxylation is 1. The van der Waals surface area contributed by atoms with Gasteiger partial charge in [-0.25, -0.2) is 4.98 Å².